The fraction of sp³-hybridized carbons (Fsp3) is 0.118. The molecule has 2 nitrogen and oxygen atoms in total. The zero-order chi connectivity index (χ0) is 13.7. The van der Waals surface area contributed by atoms with Crippen molar-refractivity contribution < 1.29 is 4.74 Å². The lowest BCUT2D eigenvalue weighted by Crippen LogP contribution is -1.95. The molecule has 0 heterocycles. The molecule has 0 unspecified atom stereocenters. The van der Waals surface area contributed by atoms with Crippen LogP contribution in [0.5, 0.6) is 5.75 Å². The second-order valence-electron chi connectivity index (χ2n) is 4.43. The van der Waals surface area contributed by atoms with Gasteiger partial charge in [0, 0.05) is 5.56 Å². The Hall–Kier alpha value is -2.53. The van der Waals surface area contributed by atoms with Crippen molar-refractivity contribution in [1.82, 2.24) is 0 Å². The molecule has 0 spiro atoms. The molecule has 2 rings (SSSR count). The molecular weight excluding hydrogens is 234 g/mol. The standard InChI is InChI=1S/C17H15NO/c1-13-10-14(2)12-16(11-13)19-17(8-9-18)15-6-4-3-5-7-15/h3-8,10-12H,1-2H3/b17-8+. The summed E-state index contributed by atoms with van der Waals surface area (Å²) in [6.07, 6.45) is 1.42. The maximum atomic E-state index is 8.88. The van der Waals surface area contributed by atoms with Gasteiger partial charge in [-0.25, -0.2) is 0 Å². The van der Waals surface area contributed by atoms with Crippen LogP contribution in [-0.4, -0.2) is 0 Å². The molecule has 0 N–H and O–H groups in total. The Balaban J connectivity index is 2.33. The van der Waals surface area contributed by atoms with Gasteiger partial charge in [0.15, 0.2) is 0 Å². The van der Waals surface area contributed by atoms with Crippen molar-refractivity contribution in [2.45, 2.75) is 13.8 Å². The SMILES string of the molecule is Cc1cc(C)cc(O/C(=C/C#N)c2ccccc2)c1. The highest BCUT2D eigenvalue weighted by Gasteiger charge is 2.05. The number of nitrogens with zero attached hydrogens (tertiary/aromatic N) is 1. The predicted octanol–water partition coefficient (Wildman–Crippen LogP) is 4.25. The maximum absolute atomic E-state index is 8.88. The molecule has 0 saturated heterocycles. The molecule has 0 bridgehead atoms. The molecule has 0 fully saturated rings. The van der Waals surface area contributed by atoms with Crippen LogP contribution in [0.15, 0.2) is 54.6 Å². The Labute approximate surface area is 113 Å². The van der Waals surface area contributed by atoms with E-state index in [4.69, 9.17) is 10.00 Å². The van der Waals surface area contributed by atoms with Gasteiger partial charge >= 0.3 is 0 Å². The van der Waals surface area contributed by atoms with Gasteiger partial charge in [0.1, 0.15) is 11.5 Å². The normalized spacial score (nSPS) is 10.9. The summed E-state index contributed by atoms with van der Waals surface area (Å²) in [4.78, 5) is 0. The van der Waals surface area contributed by atoms with Crippen LogP contribution in [0.3, 0.4) is 0 Å². The van der Waals surface area contributed by atoms with Gasteiger partial charge in [-0.1, -0.05) is 36.4 Å². The monoisotopic (exact) mass is 249 g/mol. The van der Waals surface area contributed by atoms with E-state index in [0.717, 1.165) is 22.4 Å². The molecule has 2 aromatic carbocycles. The first-order valence-electron chi connectivity index (χ1n) is 6.10. The minimum absolute atomic E-state index is 0.563. The van der Waals surface area contributed by atoms with E-state index in [1.807, 2.05) is 62.4 Å². The molecule has 0 radical (unpaired) electrons. The van der Waals surface area contributed by atoms with Crippen LogP contribution in [0.25, 0.3) is 5.76 Å². The smallest absolute Gasteiger partial charge is 0.145 e. The molecule has 0 aliphatic heterocycles. The number of nitriles is 1. The minimum Gasteiger partial charge on any atom is -0.456 e. The number of benzene rings is 2. The summed E-state index contributed by atoms with van der Waals surface area (Å²) in [5, 5.41) is 8.88. The van der Waals surface area contributed by atoms with E-state index >= 15 is 0 Å². The molecule has 0 aromatic heterocycles. The van der Waals surface area contributed by atoms with Gasteiger partial charge in [-0.05, 0) is 37.1 Å². The summed E-state index contributed by atoms with van der Waals surface area (Å²) in [5.74, 6) is 1.32. The molecule has 94 valence electrons. The lowest BCUT2D eigenvalue weighted by atomic mass is 10.1. The second-order valence-corrected chi connectivity index (χ2v) is 4.43. The van der Waals surface area contributed by atoms with Crippen molar-refractivity contribution in [2.75, 3.05) is 0 Å². The molecule has 2 aromatic rings. The first kappa shape index (κ1) is 12.9. The lowest BCUT2D eigenvalue weighted by molar-refractivity contribution is 0.514. The fourth-order valence-corrected chi connectivity index (χ4v) is 1.95. The van der Waals surface area contributed by atoms with E-state index in [9.17, 15) is 0 Å². The van der Waals surface area contributed by atoms with Gasteiger partial charge < -0.3 is 4.74 Å². The van der Waals surface area contributed by atoms with Gasteiger partial charge in [0.25, 0.3) is 0 Å². The molecule has 2 heteroatoms. The average molecular weight is 249 g/mol. The summed E-state index contributed by atoms with van der Waals surface area (Å²) in [7, 11) is 0. The van der Waals surface area contributed by atoms with Crippen molar-refractivity contribution >= 4 is 5.76 Å². The van der Waals surface area contributed by atoms with E-state index in [1.54, 1.807) is 0 Å². The summed E-state index contributed by atoms with van der Waals surface area (Å²) in [6, 6.07) is 17.7. The summed E-state index contributed by atoms with van der Waals surface area (Å²) >= 11 is 0. The van der Waals surface area contributed by atoms with Crippen LogP contribution in [-0.2, 0) is 0 Å². The number of hydrogen-bond acceptors (Lipinski definition) is 2. The highest BCUT2D eigenvalue weighted by Crippen LogP contribution is 2.23. The van der Waals surface area contributed by atoms with Crippen LogP contribution in [0.4, 0.5) is 0 Å². The number of aryl methyl sites for hydroxylation is 2. The third-order valence-corrected chi connectivity index (χ3v) is 2.68. The fourth-order valence-electron chi connectivity index (χ4n) is 1.95. The Kier molecular flexibility index (Phi) is 4.00. The molecule has 0 aliphatic rings. The van der Waals surface area contributed by atoms with E-state index < -0.39 is 0 Å². The van der Waals surface area contributed by atoms with Gasteiger partial charge in [0.2, 0.25) is 0 Å². The molecule has 0 amide bonds. The van der Waals surface area contributed by atoms with Gasteiger partial charge in [-0.15, -0.1) is 0 Å². The molecular formula is C17H15NO. The zero-order valence-corrected chi connectivity index (χ0v) is 11.1. The first-order valence-corrected chi connectivity index (χ1v) is 6.10. The molecule has 0 atom stereocenters. The third kappa shape index (κ3) is 3.46. The van der Waals surface area contributed by atoms with Crippen LogP contribution < -0.4 is 4.74 Å². The molecule has 0 aliphatic carbocycles. The van der Waals surface area contributed by atoms with E-state index in [2.05, 4.69) is 6.07 Å². The van der Waals surface area contributed by atoms with Crippen LogP contribution >= 0.6 is 0 Å². The first-order chi connectivity index (χ1) is 9.19. The zero-order valence-electron chi connectivity index (χ0n) is 11.1. The Morgan fingerprint density at radius 1 is 1.05 bits per heavy atom. The molecule has 19 heavy (non-hydrogen) atoms. The van der Waals surface area contributed by atoms with Gasteiger partial charge in [0.05, 0.1) is 12.1 Å². The number of allylic oxidation sites excluding steroid dienone is 1. The summed E-state index contributed by atoms with van der Waals surface area (Å²) in [5.41, 5.74) is 3.17. The topological polar surface area (TPSA) is 33.0 Å². The number of ether oxygens (including phenoxy) is 1. The minimum atomic E-state index is 0.563. The van der Waals surface area contributed by atoms with Crippen molar-refractivity contribution in [2.24, 2.45) is 0 Å². The van der Waals surface area contributed by atoms with Crippen molar-refractivity contribution in [3.8, 4) is 11.8 Å². The van der Waals surface area contributed by atoms with Gasteiger partial charge in [-0.2, -0.15) is 5.26 Å². The Morgan fingerprint density at radius 2 is 1.68 bits per heavy atom. The largest absolute Gasteiger partial charge is 0.456 e. The van der Waals surface area contributed by atoms with Crippen LogP contribution in [0.1, 0.15) is 16.7 Å². The molecule has 0 saturated carbocycles. The highest BCUT2D eigenvalue weighted by molar-refractivity contribution is 5.64. The summed E-state index contributed by atoms with van der Waals surface area (Å²) in [6.45, 7) is 4.05. The Bertz CT molecular complexity index is 616. The van der Waals surface area contributed by atoms with Crippen molar-refractivity contribution in [1.29, 1.82) is 5.26 Å². The van der Waals surface area contributed by atoms with Crippen molar-refractivity contribution in [3.63, 3.8) is 0 Å². The highest BCUT2D eigenvalue weighted by atomic mass is 16.5. The quantitative estimate of drug-likeness (QED) is 0.602. The Morgan fingerprint density at radius 3 is 2.26 bits per heavy atom. The predicted molar refractivity (Wildman–Crippen MR) is 76.6 cm³/mol. The van der Waals surface area contributed by atoms with Gasteiger partial charge in [-0.3, -0.25) is 0 Å². The van der Waals surface area contributed by atoms with E-state index in [-0.39, 0.29) is 0 Å². The number of hydrogen-bond donors (Lipinski definition) is 0. The second kappa shape index (κ2) is 5.88. The van der Waals surface area contributed by atoms with Crippen LogP contribution in [0, 0.1) is 25.2 Å². The third-order valence-electron chi connectivity index (χ3n) is 2.68. The summed E-state index contributed by atoms with van der Waals surface area (Å²) < 4.78 is 5.84. The maximum Gasteiger partial charge on any atom is 0.145 e. The van der Waals surface area contributed by atoms with Crippen molar-refractivity contribution in [3.05, 3.63) is 71.3 Å². The van der Waals surface area contributed by atoms with E-state index in [0.29, 0.717) is 5.76 Å². The lowest BCUT2D eigenvalue weighted by Gasteiger charge is -2.10. The number of rotatable bonds is 3. The van der Waals surface area contributed by atoms with E-state index in [1.165, 1.54) is 6.08 Å². The average Bonchev–Trinajstić information content (AvgIpc) is 2.38. The van der Waals surface area contributed by atoms with Crippen LogP contribution in [0.2, 0.25) is 0 Å².